The maximum Gasteiger partial charge on any atom is 0.233 e. The second-order valence-electron chi connectivity index (χ2n) is 3.82. The zero-order valence-corrected chi connectivity index (χ0v) is 11.3. The second-order valence-corrected chi connectivity index (χ2v) is 4.84. The smallest absolute Gasteiger partial charge is 0.233 e. The fraction of sp³-hybridized carbons (Fsp3) is 0.462. The van der Waals surface area contributed by atoms with E-state index < -0.39 is 0 Å². The fourth-order valence-corrected chi connectivity index (χ4v) is 2.39. The van der Waals surface area contributed by atoms with E-state index in [4.69, 9.17) is 5.11 Å². The molecule has 3 nitrogen and oxygen atoms in total. The van der Waals surface area contributed by atoms with Crippen molar-refractivity contribution in [3.63, 3.8) is 0 Å². The molecule has 18 heavy (non-hydrogen) atoms. The Labute approximate surface area is 111 Å². The van der Waals surface area contributed by atoms with Crippen molar-refractivity contribution in [3.05, 3.63) is 30.1 Å². The van der Waals surface area contributed by atoms with Gasteiger partial charge in [-0.1, -0.05) is 19.1 Å². The van der Waals surface area contributed by atoms with Gasteiger partial charge in [-0.3, -0.25) is 4.79 Å². The highest BCUT2D eigenvalue weighted by Gasteiger charge is 2.13. The van der Waals surface area contributed by atoms with Crippen LogP contribution in [0.5, 0.6) is 0 Å². The van der Waals surface area contributed by atoms with Gasteiger partial charge >= 0.3 is 0 Å². The summed E-state index contributed by atoms with van der Waals surface area (Å²) in [6.45, 7) is 2.89. The number of aliphatic hydroxyl groups is 1. The lowest BCUT2D eigenvalue weighted by Gasteiger charge is -2.20. The van der Waals surface area contributed by atoms with Crippen molar-refractivity contribution in [1.29, 1.82) is 0 Å². The van der Waals surface area contributed by atoms with Gasteiger partial charge in [-0.25, -0.2) is 4.39 Å². The lowest BCUT2D eigenvalue weighted by atomic mass is 10.3. The van der Waals surface area contributed by atoms with Crippen LogP contribution >= 0.6 is 11.8 Å². The quantitative estimate of drug-likeness (QED) is 0.773. The Morgan fingerprint density at radius 1 is 1.39 bits per heavy atom. The predicted molar refractivity (Wildman–Crippen MR) is 71.1 cm³/mol. The summed E-state index contributed by atoms with van der Waals surface area (Å²) in [4.78, 5) is 14.0. The molecule has 1 N–H and O–H groups in total. The summed E-state index contributed by atoms with van der Waals surface area (Å²) in [5, 5.41) is 8.88. The van der Waals surface area contributed by atoms with E-state index in [2.05, 4.69) is 0 Å². The molecule has 0 fully saturated rings. The van der Waals surface area contributed by atoms with E-state index >= 15 is 0 Å². The van der Waals surface area contributed by atoms with Crippen LogP contribution in [0, 0.1) is 5.82 Å². The van der Waals surface area contributed by atoms with Crippen LogP contribution in [0.3, 0.4) is 0 Å². The van der Waals surface area contributed by atoms with Crippen molar-refractivity contribution in [2.24, 2.45) is 0 Å². The Bertz CT molecular complexity index is 381. The van der Waals surface area contributed by atoms with Gasteiger partial charge in [0.2, 0.25) is 5.91 Å². The van der Waals surface area contributed by atoms with E-state index in [0.29, 0.717) is 18.0 Å². The van der Waals surface area contributed by atoms with Gasteiger partial charge in [-0.05, 0) is 18.6 Å². The van der Waals surface area contributed by atoms with E-state index in [1.807, 2.05) is 6.92 Å². The molecule has 0 heterocycles. The van der Waals surface area contributed by atoms with E-state index in [0.717, 1.165) is 6.42 Å². The number of aliphatic hydroxyl groups excluding tert-OH is 1. The number of benzene rings is 1. The number of carbonyl (C=O) groups excluding carboxylic acids is 1. The molecular weight excluding hydrogens is 253 g/mol. The molecule has 5 heteroatoms. The molecule has 0 atom stereocenters. The predicted octanol–water partition coefficient (Wildman–Crippen LogP) is 2.15. The summed E-state index contributed by atoms with van der Waals surface area (Å²) < 4.78 is 13.4. The van der Waals surface area contributed by atoms with Gasteiger partial charge < -0.3 is 10.0 Å². The molecule has 0 saturated carbocycles. The molecule has 0 aromatic heterocycles. The molecule has 1 aromatic carbocycles. The number of hydrogen-bond donors (Lipinski definition) is 1. The maximum absolute atomic E-state index is 13.4. The van der Waals surface area contributed by atoms with Crippen LogP contribution in [0.15, 0.2) is 29.2 Å². The summed E-state index contributed by atoms with van der Waals surface area (Å²) in [5.74, 6) is -0.181. The first kappa shape index (κ1) is 15.0. The Morgan fingerprint density at radius 3 is 2.72 bits per heavy atom. The number of carbonyl (C=O) groups is 1. The summed E-state index contributed by atoms with van der Waals surface area (Å²) in [7, 11) is 0. The van der Waals surface area contributed by atoms with Gasteiger partial charge in [-0.2, -0.15) is 0 Å². The van der Waals surface area contributed by atoms with Crippen LogP contribution in [0.2, 0.25) is 0 Å². The third kappa shape index (κ3) is 4.66. The number of rotatable bonds is 7. The van der Waals surface area contributed by atoms with Crippen molar-refractivity contribution in [1.82, 2.24) is 4.90 Å². The lowest BCUT2D eigenvalue weighted by molar-refractivity contribution is -0.128. The Balaban J connectivity index is 2.51. The number of hydrogen-bond acceptors (Lipinski definition) is 3. The molecule has 0 aliphatic carbocycles. The van der Waals surface area contributed by atoms with Crippen LogP contribution in [-0.2, 0) is 4.79 Å². The molecule has 0 aliphatic rings. The van der Waals surface area contributed by atoms with Crippen molar-refractivity contribution >= 4 is 17.7 Å². The maximum atomic E-state index is 13.4. The summed E-state index contributed by atoms with van der Waals surface area (Å²) in [6, 6.07) is 6.40. The Hall–Kier alpha value is -1.07. The van der Waals surface area contributed by atoms with Crippen LogP contribution < -0.4 is 0 Å². The minimum absolute atomic E-state index is 0.0455. The first-order chi connectivity index (χ1) is 8.69. The van der Waals surface area contributed by atoms with E-state index in [1.165, 1.54) is 17.8 Å². The zero-order valence-electron chi connectivity index (χ0n) is 10.4. The van der Waals surface area contributed by atoms with Crippen molar-refractivity contribution < 1.29 is 14.3 Å². The molecular formula is C13H18FNO2S. The zero-order chi connectivity index (χ0) is 13.4. The Morgan fingerprint density at radius 2 is 2.11 bits per heavy atom. The average Bonchev–Trinajstić information content (AvgIpc) is 2.37. The third-order valence-electron chi connectivity index (χ3n) is 2.40. The largest absolute Gasteiger partial charge is 0.395 e. The van der Waals surface area contributed by atoms with Gasteiger partial charge in [0.25, 0.3) is 0 Å². The van der Waals surface area contributed by atoms with Crippen LogP contribution in [0.25, 0.3) is 0 Å². The van der Waals surface area contributed by atoms with Crippen molar-refractivity contribution in [2.75, 3.05) is 25.4 Å². The van der Waals surface area contributed by atoms with Gasteiger partial charge in [0, 0.05) is 18.0 Å². The molecule has 0 unspecified atom stereocenters. The number of nitrogens with zero attached hydrogens (tertiary/aromatic N) is 1. The van der Waals surface area contributed by atoms with Crippen LogP contribution in [0.4, 0.5) is 4.39 Å². The lowest BCUT2D eigenvalue weighted by Crippen LogP contribution is -2.35. The van der Waals surface area contributed by atoms with Gasteiger partial charge in [0.1, 0.15) is 5.82 Å². The highest BCUT2D eigenvalue weighted by Crippen LogP contribution is 2.21. The molecule has 0 bridgehead atoms. The molecule has 1 aromatic rings. The number of halogens is 1. The highest BCUT2D eigenvalue weighted by molar-refractivity contribution is 8.00. The number of thioether (sulfide) groups is 1. The van der Waals surface area contributed by atoms with Gasteiger partial charge in [0.05, 0.1) is 12.4 Å². The van der Waals surface area contributed by atoms with E-state index in [-0.39, 0.29) is 24.1 Å². The van der Waals surface area contributed by atoms with Crippen LogP contribution in [-0.4, -0.2) is 41.4 Å². The monoisotopic (exact) mass is 271 g/mol. The fourth-order valence-electron chi connectivity index (χ4n) is 1.54. The number of amides is 1. The molecule has 1 rings (SSSR count). The summed E-state index contributed by atoms with van der Waals surface area (Å²) in [5.41, 5.74) is 0. The first-order valence-electron chi connectivity index (χ1n) is 5.95. The highest BCUT2D eigenvalue weighted by atomic mass is 32.2. The first-order valence-corrected chi connectivity index (χ1v) is 6.93. The SMILES string of the molecule is CCCN(CCO)C(=O)CSc1ccccc1F. The summed E-state index contributed by atoms with van der Waals surface area (Å²) >= 11 is 1.19. The molecule has 0 radical (unpaired) electrons. The van der Waals surface area contributed by atoms with Crippen molar-refractivity contribution in [3.8, 4) is 0 Å². The molecule has 1 amide bonds. The standard InChI is InChI=1S/C13H18FNO2S/c1-2-7-15(8-9-16)13(17)10-18-12-6-4-3-5-11(12)14/h3-6,16H,2,7-10H2,1H3. The van der Waals surface area contributed by atoms with Gasteiger partial charge in [0.15, 0.2) is 0 Å². The van der Waals surface area contributed by atoms with Crippen molar-refractivity contribution in [2.45, 2.75) is 18.2 Å². The minimum atomic E-state index is -0.306. The second kappa shape index (κ2) is 8.11. The van der Waals surface area contributed by atoms with Crippen LogP contribution in [0.1, 0.15) is 13.3 Å². The normalized spacial score (nSPS) is 10.4. The van der Waals surface area contributed by atoms with E-state index in [9.17, 15) is 9.18 Å². The van der Waals surface area contributed by atoms with Gasteiger partial charge in [-0.15, -0.1) is 11.8 Å². The molecule has 100 valence electrons. The average molecular weight is 271 g/mol. The van der Waals surface area contributed by atoms with E-state index in [1.54, 1.807) is 23.1 Å². The topological polar surface area (TPSA) is 40.5 Å². The third-order valence-corrected chi connectivity index (χ3v) is 3.44. The summed E-state index contributed by atoms with van der Waals surface area (Å²) in [6.07, 6.45) is 0.843. The molecule has 0 spiro atoms. The Kier molecular flexibility index (Phi) is 6.75. The molecule has 0 aliphatic heterocycles. The minimum Gasteiger partial charge on any atom is -0.395 e. The molecule has 0 saturated heterocycles.